The number of hydrogen-bond acceptors (Lipinski definition) is 4. The summed E-state index contributed by atoms with van der Waals surface area (Å²) < 4.78 is 27.2. The first-order valence-corrected chi connectivity index (χ1v) is 9.66. The van der Waals surface area contributed by atoms with Crippen LogP contribution in [0.15, 0.2) is 59.5 Å². The Labute approximate surface area is 147 Å². The Kier molecular flexibility index (Phi) is 5.06. The van der Waals surface area contributed by atoms with E-state index in [1.54, 1.807) is 30.3 Å². The number of amides is 1. The van der Waals surface area contributed by atoms with Gasteiger partial charge in [0.05, 0.1) is 4.90 Å². The van der Waals surface area contributed by atoms with Gasteiger partial charge in [-0.05, 0) is 55.2 Å². The number of hydrogen-bond donors (Lipinski definition) is 3. The predicted molar refractivity (Wildman–Crippen MR) is 96.7 cm³/mol. The van der Waals surface area contributed by atoms with Crippen LogP contribution in [0.25, 0.3) is 0 Å². The standard InChI is InChI=1S/C18H21N3O3S/c19-17(13-6-7-13)12-20-18(22)14-8-10-16(11-9-14)25(23,24)21-15-4-2-1-3-5-15/h1-5,8-11,13,17,21H,6-7,12,19H2,(H,20,22). The molecule has 1 saturated carbocycles. The molecule has 0 aliphatic heterocycles. The van der Waals surface area contributed by atoms with Gasteiger partial charge in [-0.2, -0.15) is 0 Å². The summed E-state index contributed by atoms with van der Waals surface area (Å²) in [4.78, 5) is 12.2. The lowest BCUT2D eigenvalue weighted by atomic mass is 10.2. The summed E-state index contributed by atoms with van der Waals surface area (Å²) in [6, 6.07) is 14.5. The molecule has 1 unspecified atom stereocenters. The quantitative estimate of drug-likeness (QED) is 0.703. The molecule has 0 heterocycles. The van der Waals surface area contributed by atoms with Gasteiger partial charge in [-0.1, -0.05) is 18.2 Å². The summed E-state index contributed by atoms with van der Waals surface area (Å²) in [5.41, 5.74) is 6.85. The lowest BCUT2D eigenvalue weighted by Crippen LogP contribution is -2.38. The summed E-state index contributed by atoms with van der Waals surface area (Å²) in [5.74, 6) is 0.257. The fourth-order valence-electron chi connectivity index (χ4n) is 2.51. The van der Waals surface area contributed by atoms with Crippen molar-refractivity contribution < 1.29 is 13.2 Å². The van der Waals surface area contributed by atoms with Crippen molar-refractivity contribution in [3.8, 4) is 0 Å². The molecule has 3 rings (SSSR count). The van der Waals surface area contributed by atoms with Crippen LogP contribution < -0.4 is 15.8 Å². The molecule has 0 spiro atoms. The van der Waals surface area contributed by atoms with Crippen molar-refractivity contribution >= 4 is 21.6 Å². The Hall–Kier alpha value is -2.38. The SMILES string of the molecule is NC(CNC(=O)c1ccc(S(=O)(=O)Nc2ccccc2)cc1)C1CC1. The second-order valence-corrected chi connectivity index (χ2v) is 7.89. The van der Waals surface area contributed by atoms with Gasteiger partial charge in [-0.3, -0.25) is 9.52 Å². The number of benzene rings is 2. The Morgan fingerprint density at radius 2 is 1.72 bits per heavy atom. The van der Waals surface area contributed by atoms with Crippen LogP contribution in [0.1, 0.15) is 23.2 Å². The Bertz CT molecular complexity index is 832. The number of nitrogens with two attached hydrogens (primary N) is 1. The highest BCUT2D eigenvalue weighted by atomic mass is 32.2. The molecule has 1 aliphatic rings. The minimum Gasteiger partial charge on any atom is -0.350 e. The molecule has 0 radical (unpaired) electrons. The summed E-state index contributed by atoms with van der Waals surface area (Å²) >= 11 is 0. The lowest BCUT2D eigenvalue weighted by Gasteiger charge is -2.12. The second kappa shape index (κ2) is 7.25. The molecule has 1 atom stereocenters. The van der Waals surface area contributed by atoms with Crippen LogP contribution in [-0.2, 0) is 10.0 Å². The third-order valence-corrected chi connectivity index (χ3v) is 5.58. The van der Waals surface area contributed by atoms with Gasteiger partial charge in [0.15, 0.2) is 0 Å². The van der Waals surface area contributed by atoms with E-state index in [1.165, 1.54) is 24.3 Å². The Morgan fingerprint density at radius 1 is 1.08 bits per heavy atom. The molecule has 6 nitrogen and oxygen atoms in total. The van der Waals surface area contributed by atoms with Crippen molar-refractivity contribution in [2.24, 2.45) is 11.7 Å². The molecule has 0 saturated heterocycles. The zero-order valence-electron chi connectivity index (χ0n) is 13.7. The maximum Gasteiger partial charge on any atom is 0.261 e. The van der Waals surface area contributed by atoms with Crippen LogP contribution in [0.2, 0.25) is 0 Å². The fraction of sp³-hybridized carbons (Fsp3) is 0.278. The topological polar surface area (TPSA) is 101 Å². The molecule has 1 amide bonds. The normalized spacial score (nSPS) is 15.4. The number of para-hydroxylation sites is 1. The van der Waals surface area contributed by atoms with E-state index in [4.69, 9.17) is 5.73 Å². The summed E-state index contributed by atoms with van der Waals surface area (Å²) in [5, 5.41) is 2.79. The van der Waals surface area contributed by atoms with E-state index in [2.05, 4.69) is 10.0 Å². The second-order valence-electron chi connectivity index (χ2n) is 6.21. The summed E-state index contributed by atoms with van der Waals surface area (Å²) in [6.07, 6.45) is 2.25. The number of sulfonamides is 1. The zero-order valence-corrected chi connectivity index (χ0v) is 14.5. The van der Waals surface area contributed by atoms with Gasteiger partial charge in [0.1, 0.15) is 0 Å². The molecule has 1 aliphatic carbocycles. The maximum absolute atomic E-state index is 12.4. The Balaban J connectivity index is 1.63. The molecule has 1 fully saturated rings. The van der Waals surface area contributed by atoms with Crippen molar-refractivity contribution in [1.29, 1.82) is 0 Å². The fourth-order valence-corrected chi connectivity index (χ4v) is 3.57. The minimum atomic E-state index is -3.69. The van der Waals surface area contributed by atoms with Crippen molar-refractivity contribution in [1.82, 2.24) is 5.32 Å². The zero-order chi connectivity index (χ0) is 17.9. The van der Waals surface area contributed by atoms with Gasteiger partial charge in [-0.25, -0.2) is 8.42 Å². The van der Waals surface area contributed by atoms with Crippen molar-refractivity contribution in [2.45, 2.75) is 23.8 Å². The number of carbonyl (C=O) groups excluding carboxylic acids is 1. The van der Waals surface area contributed by atoms with Crippen molar-refractivity contribution in [3.05, 3.63) is 60.2 Å². The number of rotatable bonds is 7. The first-order chi connectivity index (χ1) is 12.0. The van der Waals surface area contributed by atoms with Crippen molar-refractivity contribution in [3.63, 3.8) is 0 Å². The van der Waals surface area contributed by atoms with Crippen LogP contribution in [0.4, 0.5) is 5.69 Å². The summed E-state index contributed by atoms with van der Waals surface area (Å²) in [7, 11) is -3.69. The predicted octanol–water partition coefficient (Wildman–Crippen LogP) is 1.95. The lowest BCUT2D eigenvalue weighted by molar-refractivity contribution is 0.0950. The molecule has 4 N–H and O–H groups in total. The molecule has 2 aromatic carbocycles. The van der Waals surface area contributed by atoms with Crippen LogP contribution in [0.5, 0.6) is 0 Å². The molecular weight excluding hydrogens is 338 g/mol. The minimum absolute atomic E-state index is 0.0151. The third-order valence-electron chi connectivity index (χ3n) is 4.18. The van der Waals surface area contributed by atoms with E-state index in [0.29, 0.717) is 23.7 Å². The third kappa shape index (κ3) is 4.58. The van der Waals surface area contributed by atoms with Gasteiger partial charge in [0.2, 0.25) is 0 Å². The molecule has 132 valence electrons. The molecule has 0 aromatic heterocycles. The monoisotopic (exact) mass is 359 g/mol. The smallest absolute Gasteiger partial charge is 0.261 e. The van der Waals surface area contributed by atoms with Crippen LogP contribution in [0, 0.1) is 5.92 Å². The van der Waals surface area contributed by atoms with Crippen LogP contribution in [-0.4, -0.2) is 26.9 Å². The van der Waals surface area contributed by atoms with Crippen LogP contribution >= 0.6 is 0 Å². The van der Waals surface area contributed by atoms with E-state index in [9.17, 15) is 13.2 Å². The number of carbonyl (C=O) groups is 1. The molecule has 2 aromatic rings. The largest absolute Gasteiger partial charge is 0.350 e. The molecule has 25 heavy (non-hydrogen) atoms. The van der Waals surface area contributed by atoms with E-state index in [1.807, 2.05) is 0 Å². The van der Waals surface area contributed by atoms with Gasteiger partial charge in [0.25, 0.3) is 15.9 Å². The number of anilines is 1. The molecule has 0 bridgehead atoms. The molecular formula is C18H21N3O3S. The van der Waals surface area contributed by atoms with Crippen molar-refractivity contribution in [2.75, 3.05) is 11.3 Å². The first kappa shape index (κ1) is 17.4. The van der Waals surface area contributed by atoms with E-state index in [-0.39, 0.29) is 16.8 Å². The van der Waals surface area contributed by atoms with E-state index in [0.717, 1.165) is 12.8 Å². The number of nitrogens with one attached hydrogen (secondary N) is 2. The highest BCUT2D eigenvalue weighted by Gasteiger charge is 2.28. The van der Waals surface area contributed by atoms with Gasteiger partial charge in [-0.15, -0.1) is 0 Å². The average Bonchev–Trinajstić information content (AvgIpc) is 3.45. The highest BCUT2D eigenvalue weighted by Crippen LogP contribution is 2.31. The van der Waals surface area contributed by atoms with Gasteiger partial charge in [0, 0.05) is 23.8 Å². The highest BCUT2D eigenvalue weighted by molar-refractivity contribution is 7.92. The van der Waals surface area contributed by atoms with E-state index < -0.39 is 10.0 Å². The van der Waals surface area contributed by atoms with Crippen LogP contribution in [0.3, 0.4) is 0 Å². The Morgan fingerprint density at radius 3 is 2.32 bits per heavy atom. The summed E-state index contributed by atoms with van der Waals surface area (Å²) in [6.45, 7) is 0.430. The maximum atomic E-state index is 12.4. The average molecular weight is 359 g/mol. The van der Waals surface area contributed by atoms with E-state index >= 15 is 0 Å². The van der Waals surface area contributed by atoms with Gasteiger partial charge >= 0.3 is 0 Å². The first-order valence-electron chi connectivity index (χ1n) is 8.17. The molecule has 7 heteroatoms. The van der Waals surface area contributed by atoms with Gasteiger partial charge < -0.3 is 11.1 Å².